The fraction of sp³-hybridized carbons (Fsp3) is 0.600. The highest BCUT2D eigenvalue weighted by atomic mass is 32.1. The van der Waals surface area contributed by atoms with Crippen molar-refractivity contribution in [1.82, 2.24) is 5.32 Å². The van der Waals surface area contributed by atoms with E-state index in [0.717, 1.165) is 9.75 Å². The van der Waals surface area contributed by atoms with E-state index >= 15 is 0 Å². The maximum Gasteiger partial charge on any atom is 0.330 e. The third-order valence-corrected chi connectivity index (χ3v) is 2.99. The zero-order valence-electron chi connectivity index (χ0n) is 9.18. The van der Waals surface area contributed by atoms with Crippen LogP contribution in [0.25, 0.3) is 0 Å². The summed E-state index contributed by atoms with van der Waals surface area (Å²) in [6.07, 6.45) is -3.69. The second-order valence-electron chi connectivity index (χ2n) is 3.45. The van der Waals surface area contributed by atoms with E-state index in [-0.39, 0.29) is 6.61 Å². The van der Waals surface area contributed by atoms with Crippen LogP contribution < -0.4 is 5.32 Å². The molecule has 17 heavy (non-hydrogen) atoms. The minimum absolute atomic E-state index is 0.0727. The molecule has 0 saturated heterocycles. The molecule has 1 rings (SSSR count). The first kappa shape index (κ1) is 14.4. The first-order valence-electron chi connectivity index (χ1n) is 4.91. The van der Waals surface area contributed by atoms with Gasteiger partial charge >= 0.3 is 12.3 Å². The van der Waals surface area contributed by atoms with E-state index in [2.05, 4.69) is 10.1 Å². The van der Waals surface area contributed by atoms with Crippen LogP contribution in [0.4, 0.5) is 17.6 Å². The van der Waals surface area contributed by atoms with Crippen molar-refractivity contribution in [2.45, 2.75) is 25.5 Å². The molecule has 1 heterocycles. The molecule has 0 atom stereocenters. The number of rotatable bonds is 7. The summed E-state index contributed by atoms with van der Waals surface area (Å²) in [6.45, 7) is -0.654. The average Bonchev–Trinajstić information content (AvgIpc) is 2.66. The number of nitrogens with one attached hydrogen (secondary N) is 1. The molecule has 0 aliphatic rings. The summed E-state index contributed by atoms with van der Waals surface area (Å²) in [5, 5.41) is 2.94. The van der Waals surface area contributed by atoms with Gasteiger partial charge in [-0.05, 0) is 19.2 Å². The van der Waals surface area contributed by atoms with E-state index < -0.39 is 19.0 Å². The Kier molecular flexibility index (Phi) is 5.35. The van der Waals surface area contributed by atoms with Gasteiger partial charge < -0.3 is 10.1 Å². The molecule has 1 aromatic heterocycles. The van der Waals surface area contributed by atoms with E-state index in [9.17, 15) is 17.6 Å². The van der Waals surface area contributed by atoms with E-state index in [1.165, 1.54) is 11.3 Å². The van der Waals surface area contributed by atoms with Crippen LogP contribution in [0.5, 0.6) is 0 Å². The summed E-state index contributed by atoms with van der Waals surface area (Å²) in [7, 11) is 1.79. The Bertz CT molecular complexity index is 343. The van der Waals surface area contributed by atoms with Gasteiger partial charge in [0.15, 0.2) is 0 Å². The van der Waals surface area contributed by atoms with Crippen LogP contribution in [0, 0.1) is 0 Å². The van der Waals surface area contributed by atoms with Crippen molar-refractivity contribution in [3.8, 4) is 0 Å². The van der Waals surface area contributed by atoms with Crippen molar-refractivity contribution in [3.63, 3.8) is 0 Å². The lowest BCUT2D eigenvalue weighted by molar-refractivity contribution is -0.168. The van der Waals surface area contributed by atoms with Gasteiger partial charge in [0.1, 0.15) is 6.61 Å². The molecule has 0 aliphatic carbocycles. The minimum Gasteiger partial charge on any atom is -0.369 e. The summed E-state index contributed by atoms with van der Waals surface area (Å²) < 4.78 is 53.2. The van der Waals surface area contributed by atoms with Gasteiger partial charge in [-0.3, -0.25) is 0 Å². The third kappa shape index (κ3) is 4.61. The number of halogens is 4. The molecule has 0 radical (unpaired) electrons. The fourth-order valence-corrected chi connectivity index (χ4v) is 2.09. The zero-order chi connectivity index (χ0) is 12.9. The largest absolute Gasteiger partial charge is 0.369 e. The maximum atomic E-state index is 12.5. The summed E-state index contributed by atoms with van der Waals surface area (Å²) in [6, 6.07) is 3.57. The van der Waals surface area contributed by atoms with Crippen LogP contribution in [-0.4, -0.2) is 26.0 Å². The molecule has 2 nitrogen and oxygen atoms in total. The Hall–Kier alpha value is -0.660. The molecule has 0 saturated carbocycles. The summed E-state index contributed by atoms with van der Waals surface area (Å²) in [4.78, 5) is 1.77. The smallest absolute Gasteiger partial charge is 0.330 e. The van der Waals surface area contributed by atoms with Crippen LogP contribution >= 0.6 is 11.3 Å². The topological polar surface area (TPSA) is 21.3 Å². The zero-order valence-corrected chi connectivity index (χ0v) is 10.00. The number of hydrogen-bond donors (Lipinski definition) is 1. The third-order valence-electron chi connectivity index (χ3n) is 1.93. The van der Waals surface area contributed by atoms with Gasteiger partial charge in [-0.2, -0.15) is 8.78 Å². The maximum absolute atomic E-state index is 12.5. The Morgan fingerprint density at radius 2 is 2.00 bits per heavy atom. The predicted molar refractivity (Wildman–Crippen MR) is 57.7 cm³/mol. The lowest BCUT2D eigenvalue weighted by Gasteiger charge is -2.14. The Balaban J connectivity index is 2.35. The molecular weight excluding hydrogens is 258 g/mol. The van der Waals surface area contributed by atoms with Crippen molar-refractivity contribution in [2.75, 3.05) is 13.7 Å². The average molecular weight is 271 g/mol. The van der Waals surface area contributed by atoms with Gasteiger partial charge in [0, 0.05) is 16.3 Å². The molecule has 0 spiro atoms. The standard InChI is InChI=1S/C10H13F4NOS/c1-15-4-7-2-3-8(17-7)5-16-6-10(13,14)9(11)12/h2-3,9,15H,4-6H2,1H3. The summed E-state index contributed by atoms with van der Waals surface area (Å²) >= 11 is 1.40. The van der Waals surface area contributed by atoms with Gasteiger partial charge in [0.05, 0.1) is 6.61 Å². The highest BCUT2D eigenvalue weighted by molar-refractivity contribution is 7.11. The molecule has 7 heteroatoms. The van der Waals surface area contributed by atoms with Crippen molar-refractivity contribution >= 4 is 11.3 Å². The fourth-order valence-electron chi connectivity index (χ4n) is 1.12. The molecule has 0 unspecified atom stereocenters. The van der Waals surface area contributed by atoms with Gasteiger partial charge in [0.25, 0.3) is 0 Å². The predicted octanol–water partition coefficient (Wildman–Crippen LogP) is 2.88. The van der Waals surface area contributed by atoms with Gasteiger partial charge in [-0.25, -0.2) is 8.78 Å². The van der Waals surface area contributed by atoms with Crippen LogP contribution in [0.2, 0.25) is 0 Å². The molecular formula is C10H13F4NOS. The van der Waals surface area contributed by atoms with E-state index in [0.29, 0.717) is 6.54 Å². The van der Waals surface area contributed by atoms with Crippen molar-refractivity contribution in [1.29, 1.82) is 0 Å². The van der Waals surface area contributed by atoms with Crippen molar-refractivity contribution in [3.05, 3.63) is 21.9 Å². The normalized spacial score (nSPS) is 12.4. The van der Waals surface area contributed by atoms with Crippen LogP contribution in [-0.2, 0) is 17.9 Å². The van der Waals surface area contributed by atoms with Gasteiger partial charge in [-0.15, -0.1) is 11.3 Å². The summed E-state index contributed by atoms with van der Waals surface area (Å²) in [5.41, 5.74) is 0. The SMILES string of the molecule is CNCc1ccc(COCC(F)(F)C(F)F)s1. The minimum atomic E-state index is -4.08. The van der Waals surface area contributed by atoms with Crippen LogP contribution in [0.3, 0.4) is 0 Å². The van der Waals surface area contributed by atoms with E-state index in [1.54, 1.807) is 13.1 Å². The van der Waals surface area contributed by atoms with Crippen LogP contribution in [0.15, 0.2) is 12.1 Å². The van der Waals surface area contributed by atoms with Crippen LogP contribution in [0.1, 0.15) is 9.75 Å². The highest BCUT2D eigenvalue weighted by Gasteiger charge is 2.40. The van der Waals surface area contributed by atoms with Crippen molar-refractivity contribution < 1.29 is 22.3 Å². The highest BCUT2D eigenvalue weighted by Crippen LogP contribution is 2.24. The number of alkyl halides is 4. The van der Waals surface area contributed by atoms with Gasteiger partial charge in [0.2, 0.25) is 0 Å². The second kappa shape index (κ2) is 6.32. The summed E-state index contributed by atoms with van der Waals surface area (Å²) in [5.74, 6) is -4.08. The molecule has 0 aliphatic heterocycles. The molecule has 1 aromatic rings. The molecule has 0 aromatic carbocycles. The molecule has 1 N–H and O–H groups in total. The quantitative estimate of drug-likeness (QED) is 0.770. The monoisotopic (exact) mass is 271 g/mol. The first-order chi connectivity index (χ1) is 7.95. The molecule has 98 valence electrons. The number of hydrogen-bond acceptors (Lipinski definition) is 3. The molecule has 0 bridgehead atoms. The Morgan fingerprint density at radius 1 is 1.35 bits per heavy atom. The van der Waals surface area contributed by atoms with E-state index in [1.807, 2.05) is 6.07 Å². The lowest BCUT2D eigenvalue weighted by atomic mass is 10.4. The number of thiophene rings is 1. The molecule has 0 fully saturated rings. The molecule has 0 amide bonds. The van der Waals surface area contributed by atoms with Crippen molar-refractivity contribution in [2.24, 2.45) is 0 Å². The van der Waals surface area contributed by atoms with Gasteiger partial charge in [-0.1, -0.05) is 0 Å². The second-order valence-corrected chi connectivity index (χ2v) is 4.71. The Labute approximate surface area is 101 Å². The Morgan fingerprint density at radius 3 is 2.59 bits per heavy atom. The lowest BCUT2D eigenvalue weighted by Crippen LogP contribution is -2.32. The number of ether oxygens (including phenoxy) is 1. The first-order valence-corrected chi connectivity index (χ1v) is 5.73. The van der Waals surface area contributed by atoms with E-state index in [4.69, 9.17) is 0 Å².